The smallest absolute Gasteiger partial charge is 0.268 e. The van der Waals surface area contributed by atoms with E-state index in [1.807, 2.05) is 37.6 Å². The second kappa shape index (κ2) is 4.99. The number of tetrazole rings is 1. The van der Waals surface area contributed by atoms with Crippen molar-refractivity contribution in [3.8, 4) is 0 Å². The number of carbonyl (C=O) groups excluding carboxylic acids is 1. The lowest BCUT2D eigenvalue weighted by molar-refractivity contribution is 0.0927. The van der Waals surface area contributed by atoms with E-state index >= 15 is 0 Å². The molecule has 0 spiro atoms. The van der Waals surface area contributed by atoms with Crippen molar-refractivity contribution in [1.29, 1.82) is 0 Å². The van der Waals surface area contributed by atoms with Crippen molar-refractivity contribution in [2.24, 2.45) is 0 Å². The zero-order valence-corrected chi connectivity index (χ0v) is 10.6. The van der Waals surface area contributed by atoms with Crippen LogP contribution in [-0.4, -0.2) is 31.1 Å². The van der Waals surface area contributed by atoms with Gasteiger partial charge in [0.25, 0.3) is 5.91 Å². The first-order valence-electron chi connectivity index (χ1n) is 5.80. The Morgan fingerprint density at radius 3 is 2.83 bits per heavy atom. The molecule has 0 fully saturated rings. The van der Waals surface area contributed by atoms with Crippen molar-refractivity contribution < 1.29 is 4.79 Å². The lowest BCUT2D eigenvalue weighted by Gasteiger charge is -2.14. The molecule has 0 radical (unpaired) electrons. The summed E-state index contributed by atoms with van der Waals surface area (Å²) in [5, 5.41) is 16.3. The quantitative estimate of drug-likeness (QED) is 0.847. The summed E-state index contributed by atoms with van der Waals surface area (Å²) >= 11 is 0. The molecule has 0 aliphatic rings. The van der Waals surface area contributed by atoms with Gasteiger partial charge in [0.05, 0.1) is 6.04 Å². The van der Waals surface area contributed by atoms with E-state index in [2.05, 4.69) is 25.9 Å². The Kier molecular flexibility index (Phi) is 3.40. The van der Waals surface area contributed by atoms with Crippen LogP contribution in [0.5, 0.6) is 0 Å². The van der Waals surface area contributed by atoms with Crippen molar-refractivity contribution in [3.05, 3.63) is 29.8 Å². The number of rotatable bonds is 4. The van der Waals surface area contributed by atoms with E-state index in [0.29, 0.717) is 11.5 Å². The zero-order chi connectivity index (χ0) is 13.1. The van der Waals surface area contributed by atoms with Crippen molar-refractivity contribution in [2.45, 2.75) is 32.9 Å². The molecule has 2 rings (SSSR count). The Labute approximate surface area is 105 Å². The number of nitrogens with zero attached hydrogens (tertiary/aromatic N) is 4. The molecule has 1 atom stereocenters. The highest BCUT2D eigenvalue weighted by atomic mass is 16.2. The fourth-order valence-corrected chi connectivity index (χ4v) is 1.72. The van der Waals surface area contributed by atoms with Crippen LogP contribution in [-0.2, 0) is 0 Å². The van der Waals surface area contributed by atoms with Crippen molar-refractivity contribution in [3.63, 3.8) is 0 Å². The van der Waals surface area contributed by atoms with Gasteiger partial charge >= 0.3 is 0 Å². The molecule has 0 saturated carbocycles. The van der Waals surface area contributed by atoms with E-state index in [1.165, 1.54) is 0 Å². The van der Waals surface area contributed by atoms with E-state index in [4.69, 9.17) is 0 Å². The molecule has 0 aromatic carbocycles. The van der Waals surface area contributed by atoms with Crippen LogP contribution in [0.1, 0.15) is 49.2 Å². The highest BCUT2D eigenvalue weighted by Gasteiger charge is 2.17. The van der Waals surface area contributed by atoms with E-state index in [1.54, 1.807) is 6.07 Å². The van der Waals surface area contributed by atoms with Gasteiger partial charge in [-0.05, 0) is 32.9 Å². The van der Waals surface area contributed by atoms with Crippen LogP contribution in [0, 0.1) is 0 Å². The van der Waals surface area contributed by atoms with Crippen LogP contribution in [0.3, 0.4) is 0 Å². The molecule has 0 saturated heterocycles. The topological polar surface area (TPSA) is 88.5 Å². The summed E-state index contributed by atoms with van der Waals surface area (Å²) in [5.74, 6) is 0.317. The van der Waals surface area contributed by atoms with Crippen LogP contribution in [0.4, 0.5) is 0 Å². The minimum absolute atomic E-state index is 0.147. The first-order chi connectivity index (χ1) is 8.59. The fourth-order valence-electron chi connectivity index (χ4n) is 1.72. The number of nitrogens with one attached hydrogen (secondary N) is 2. The molecule has 7 heteroatoms. The van der Waals surface area contributed by atoms with Gasteiger partial charge in [0, 0.05) is 12.2 Å². The van der Waals surface area contributed by atoms with Crippen molar-refractivity contribution in [1.82, 2.24) is 30.5 Å². The van der Waals surface area contributed by atoms with Gasteiger partial charge in [-0.3, -0.25) is 4.79 Å². The van der Waals surface area contributed by atoms with Crippen LogP contribution < -0.4 is 5.32 Å². The Balaban J connectivity index is 2.10. The van der Waals surface area contributed by atoms with E-state index in [0.717, 1.165) is 0 Å². The lowest BCUT2D eigenvalue weighted by atomic mass is 10.3. The van der Waals surface area contributed by atoms with Gasteiger partial charge in [-0.1, -0.05) is 5.21 Å². The number of amides is 1. The third kappa shape index (κ3) is 2.39. The third-order valence-corrected chi connectivity index (χ3v) is 2.66. The molecule has 1 unspecified atom stereocenters. The number of H-pyrrole nitrogens is 1. The molecule has 7 nitrogen and oxygen atoms in total. The highest BCUT2D eigenvalue weighted by Crippen LogP contribution is 2.12. The molecule has 2 aromatic rings. The summed E-state index contributed by atoms with van der Waals surface area (Å²) in [6.45, 7) is 5.87. The van der Waals surface area contributed by atoms with Gasteiger partial charge in [0.2, 0.25) is 0 Å². The van der Waals surface area contributed by atoms with Gasteiger partial charge in [0.15, 0.2) is 5.82 Å². The lowest BCUT2D eigenvalue weighted by Crippen LogP contribution is -2.29. The minimum atomic E-state index is -0.285. The Morgan fingerprint density at radius 1 is 1.44 bits per heavy atom. The Bertz CT molecular complexity index is 515. The first-order valence-corrected chi connectivity index (χ1v) is 5.80. The van der Waals surface area contributed by atoms with Gasteiger partial charge in [-0.25, -0.2) is 0 Å². The highest BCUT2D eigenvalue weighted by molar-refractivity contribution is 5.93. The van der Waals surface area contributed by atoms with Gasteiger partial charge in [-0.15, -0.1) is 10.2 Å². The summed E-state index contributed by atoms with van der Waals surface area (Å²) in [5.41, 5.74) is 0.625. The molecule has 0 aliphatic carbocycles. The van der Waals surface area contributed by atoms with Crippen molar-refractivity contribution >= 4 is 5.91 Å². The van der Waals surface area contributed by atoms with Crippen molar-refractivity contribution in [2.75, 3.05) is 0 Å². The third-order valence-electron chi connectivity index (χ3n) is 2.66. The number of carbonyl (C=O) groups is 1. The van der Waals surface area contributed by atoms with Crippen LogP contribution in [0.25, 0.3) is 0 Å². The summed E-state index contributed by atoms with van der Waals surface area (Å²) in [4.78, 5) is 12.1. The molecular weight excluding hydrogens is 232 g/mol. The van der Waals surface area contributed by atoms with Gasteiger partial charge < -0.3 is 9.88 Å². The Hall–Kier alpha value is -2.18. The minimum Gasteiger partial charge on any atom is -0.341 e. The summed E-state index contributed by atoms with van der Waals surface area (Å²) in [6, 6.07) is 3.60. The molecule has 0 aliphatic heterocycles. The predicted octanol–water partition coefficient (Wildman–Crippen LogP) is 1.07. The Morgan fingerprint density at radius 2 is 2.22 bits per heavy atom. The standard InChI is InChI=1S/C11H16N6O/c1-7(2)17-6-4-5-9(17)11(18)12-8(3)10-13-15-16-14-10/h4-8H,1-3H3,(H,12,18)(H,13,14,15,16). The molecular formula is C11H16N6O. The molecule has 2 aromatic heterocycles. The summed E-state index contributed by atoms with van der Waals surface area (Å²) in [7, 11) is 0. The number of aromatic amines is 1. The number of hydrogen-bond acceptors (Lipinski definition) is 4. The summed E-state index contributed by atoms with van der Waals surface area (Å²) < 4.78 is 1.91. The van der Waals surface area contributed by atoms with Crippen LogP contribution in [0.15, 0.2) is 18.3 Å². The number of hydrogen-bond donors (Lipinski definition) is 2. The fraction of sp³-hybridized carbons (Fsp3) is 0.455. The SMILES string of the molecule is CC(NC(=O)c1cccn1C(C)C)c1nn[nH]n1. The van der Waals surface area contributed by atoms with Gasteiger partial charge in [0.1, 0.15) is 5.69 Å². The first kappa shape index (κ1) is 12.3. The largest absolute Gasteiger partial charge is 0.341 e. The predicted molar refractivity (Wildman–Crippen MR) is 64.9 cm³/mol. The van der Waals surface area contributed by atoms with E-state index in [9.17, 15) is 4.79 Å². The van der Waals surface area contributed by atoms with Gasteiger partial charge in [-0.2, -0.15) is 5.21 Å². The second-order valence-electron chi connectivity index (χ2n) is 4.36. The van der Waals surface area contributed by atoms with Crippen LogP contribution >= 0.6 is 0 Å². The second-order valence-corrected chi connectivity index (χ2v) is 4.36. The number of aromatic nitrogens is 5. The molecule has 18 heavy (non-hydrogen) atoms. The monoisotopic (exact) mass is 248 g/mol. The normalized spacial score (nSPS) is 12.7. The maximum atomic E-state index is 12.1. The molecule has 96 valence electrons. The molecule has 2 heterocycles. The molecule has 0 bridgehead atoms. The van der Waals surface area contributed by atoms with E-state index < -0.39 is 0 Å². The van der Waals surface area contributed by atoms with E-state index in [-0.39, 0.29) is 18.0 Å². The molecule has 2 N–H and O–H groups in total. The maximum Gasteiger partial charge on any atom is 0.268 e. The molecule has 1 amide bonds. The zero-order valence-electron chi connectivity index (χ0n) is 10.6. The average Bonchev–Trinajstić information content (AvgIpc) is 3.00. The van der Waals surface area contributed by atoms with Crippen LogP contribution in [0.2, 0.25) is 0 Å². The maximum absolute atomic E-state index is 12.1. The average molecular weight is 248 g/mol. The summed E-state index contributed by atoms with van der Waals surface area (Å²) in [6.07, 6.45) is 1.89.